The molecule has 0 bridgehead atoms. The number of nitrogens with zero attached hydrogens (tertiary/aromatic N) is 4. The molecule has 1 aliphatic rings. The van der Waals surface area contributed by atoms with Crippen LogP contribution < -0.4 is 5.73 Å². The molecule has 0 aliphatic carbocycles. The first-order chi connectivity index (χ1) is 9.82. The Labute approximate surface area is 120 Å². The van der Waals surface area contributed by atoms with Crippen LogP contribution in [0.5, 0.6) is 0 Å². The van der Waals surface area contributed by atoms with Gasteiger partial charge in [0.1, 0.15) is 12.2 Å². The molecule has 0 radical (unpaired) electrons. The highest BCUT2D eigenvalue weighted by Crippen LogP contribution is 2.37. The number of hydrogen-bond acceptors (Lipinski definition) is 4. The van der Waals surface area contributed by atoms with E-state index in [0.29, 0.717) is 12.4 Å². The molecule has 1 fully saturated rings. The summed E-state index contributed by atoms with van der Waals surface area (Å²) in [7, 11) is 0. The minimum Gasteiger partial charge on any atom is -0.369 e. The fourth-order valence-electron chi connectivity index (χ4n) is 2.64. The zero-order valence-electron chi connectivity index (χ0n) is 11.7. The molecule has 1 aliphatic heterocycles. The molecule has 2 atom stereocenters. The van der Waals surface area contributed by atoms with Gasteiger partial charge in [-0.1, -0.05) is 6.92 Å². The lowest BCUT2D eigenvalue weighted by Crippen LogP contribution is -2.37. The van der Waals surface area contributed by atoms with Crippen molar-refractivity contribution in [3.8, 4) is 0 Å². The smallest absolute Gasteiger partial charge is 0.369 e. The van der Waals surface area contributed by atoms with Crippen LogP contribution >= 0.6 is 0 Å². The summed E-state index contributed by atoms with van der Waals surface area (Å²) < 4.78 is 40.5. The van der Waals surface area contributed by atoms with E-state index >= 15 is 0 Å². The summed E-state index contributed by atoms with van der Waals surface area (Å²) in [5.74, 6) is -3.22. The third-order valence-corrected chi connectivity index (χ3v) is 3.68. The van der Waals surface area contributed by atoms with Gasteiger partial charge in [-0.05, 0) is 6.42 Å². The van der Waals surface area contributed by atoms with Crippen LogP contribution in [0, 0.1) is 11.8 Å². The molecule has 1 saturated heterocycles. The number of primary amides is 1. The Morgan fingerprint density at radius 2 is 2.19 bits per heavy atom. The molecule has 1 amide bonds. The van der Waals surface area contributed by atoms with E-state index in [9.17, 15) is 18.0 Å². The van der Waals surface area contributed by atoms with Crippen molar-refractivity contribution < 1.29 is 18.0 Å². The monoisotopic (exact) mass is 305 g/mol. The summed E-state index contributed by atoms with van der Waals surface area (Å²) in [4.78, 5) is 16.9. The second kappa shape index (κ2) is 6.00. The quantitative estimate of drug-likeness (QED) is 0.872. The maximum atomic E-state index is 13.0. The Morgan fingerprint density at radius 1 is 1.48 bits per heavy atom. The van der Waals surface area contributed by atoms with Gasteiger partial charge >= 0.3 is 6.18 Å². The van der Waals surface area contributed by atoms with Gasteiger partial charge in [0.2, 0.25) is 5.91 Å². The number of aromatic nitrogens is 3. The molecule has 2 rings (SSSR count). The van der Waals surface area contributed by atoms with Crippen molar-refractivity contribution in [1.29, 1.82) is 0 Å². The molecule has 1 aromatic heterocycles. The van der Waals surface area contributed by atoms with E-state index in [1.165, 1.54) is 6.33 Å². The van der Waals surface area contributed by atoms with Crippen molar-refractivity contribution in [3.63, 3.8) is 0 Å². The number of aryl methyl sites for hydroxylation is 1. The second-order valence-corrected chi connectivity index (χ2v) is 5.25. The van der Waals surface area contributed by atoms with Gasteiger partial charge in [0.05, 0.1) is 18.4 Å². The molecule has 0 saturated carbocycles. The van der Waals surface area contributed by atoms with E-state index in [4.69, 9.17) is 5.73 Å². The number of hydrogen-bond donors (Lipinski definition) is 1. The number of nitrogens with two attached hydrogens (primary N) is 1. The Kier molecular flexibility index (Phi) is 4.50. The summed E-state index contributed by atoms with van der Waals surface area (Å²) in [6, 6.07) is 0. The van der Waals surface area contributed by atoms with Crippen LogP contribution in [0.3, 0.4) is 0 Å². The van der Waals surface area contributed by atoms with Gasteiger partial charge in [-0.3, -0.25) is 9.69 Å². The van der Waals surface area contributed by atoms with Crippen molar-refractivity contribution in [2.24, 2.45) is 17.6 Å². The highest BCUT2D eigenvalue weighted by atomic mass is 19.4. The van der Waals surface area contributed by atoms with Crippen molar-refractivity contribution in [2.75, 3.05) is 13.1 Å². The Balaban J connectivity index is 2.09. The maximum absolute atomic E-state index is 13.0. The first-order valence-corrected chi connectivity index (χ1v) is 6.78. The number of halogens is 3. The molecule has 6 nitrogen and oxygen atoms in total. The first kappa shape index (κ1) is 15.7. The maximum Gasteiger partial charge on any atom is 0.393 e. The van der Waals surface area contributed by atoms with Gasteiger partial charge in [-0.2, -0.15) is 18.3 Å². The lowest BCUT2D eigenvalue weighted by Gasteiger charge is -2.18. The largest absolute Gasteiger partial charge is 0.393 e. The van der Waals surface area contributed by atoms with Gasteiger partial charge in [-0.15, -0.1) is 0 Å². The molecule has 2 N–H and O–H groups in total. The van der Waals surface area contributed by atoms with Gasteiger partial charge in [0, 0.05) is 19.6 Å². The van der Waals surface area contributed by atoms with E-state index in [0.717, 1.165) is 6.42 Å². The van der Waals surface area contributed by atoms with E-state index < -0.39 is 23.9 Å². The molecule has 0 spiro atoms. The van der Waals surface area contributed by atoms with Crippen LogP contribution in [0.1, 0.15) is 19.2 Å². The topological polar surface area (TPSA) is 77.0 Å². The second-order valence-electron chi connectivity index (χ2n) is 5.25. The van der Waals surface area contributed by atoms with Gasteiger partial charge in [0.15, 0.2) is 0 Å². The number of likely N-dealkylation sites (tertiary alicyclic amines) is 1. The van der Waals surface area contributed by atoms with Gasteiger partial charge in [-0.25, -0.2) is 9.67 Å². The molecule has 0 aromatic carbocycles. The molecular weight excluding hydrogens is 287 g/mol. The van der Waals surface area contributed by atoms with Crippen LogP contribution in [0.2, 0.25) is 0 Å². The molecule has 118 valence electrons. The average Bonchev–Trinajstić information content (AvgIpc) is 2.97. The Morgan fingerprint density at radius 3 is 2.71 bits per heavy atom. The fraction of sp³-hybridized carbons (Fsp3) is 0.750. The summed E-state index contributed by atoms with van der Waals surface area (Å²) in [6.45, 7) is 2.63. The highest BCUT2D eigenvalue weighted by molar-refractivity contribution is 5.77. The summed E-state index contributed by atoms with van der Waals surface area (Å²) >= 11 is 0. The summed E-state index contributed by atoms with van der Waals surface area (Å²) in [6.07, 6.45) is -2.19. The van der Waals surface area contributed by atoms with Gasteiger partial charge in [0.25, 0.3) is 0 Å². The molecular formula is C12H18F3N5O. The zero-order chi connectivity index (χ0) is 15.6. The minimum atomic E-state index is -4.43. The van der Waals surface area contributed by atoms with Crippen LogP contribution in [-0.4, -0.2) is 44.8 Å². The van der Waals surface area contributed by atoms with Crippen LogP contribution in [0.15, 0.2) is 6.33 Å². The Bertz CT molecular complexity index is 501. The van der Waals surface area contributed by atoms with Crippen LogP contribution in [0.4, 0.5) is 13.2 Å². The predicted octanol–water partition coefficient (Wildman–Crippen LogP) is 0.784. The average molecular weight is 305 g/mol. The molecule has 1 aromatic rings. The number of carbonyl (C=O) groups is 1. The molecule has 21 heavy (non-hydrogen) atoms. The zero-order valence-corrected chi connectivity index (χ0v) is 11.7. The van der Waals surface area contributed by atoms with Gasteiger partial charge < -0.3 is 5.73 Å². The number of carbonyl (C=O) groups excluding carboxylic acids is 1. The Hall–Kier alpha value is -1.64. The van der Waals surface area contributed by atoms with Crippen molar-refractivity contribution in [2.45, 2.75) is 32.6 Å². The SMILES string of the molecule is CCCn1ncnc1CN1C[C@@H](C(F)(F)F)[C@H](C(N)=O)C1. The molecule has 2 heterocycles. The third-order valence-electron chi connectivity index (χ3n) is 3.68. The minimum absolute atomic E-state index is 0.00149. The van der Waals surface area contributed by atoms with E-state index in [-0.39, 0.29) is 19.6 Å². The lowest BCUT2D eigenvalue weighted by atomic mass is 9.95. The summed E-state index contributed by atoms with van der Waals surface area (Å²) in [5.41, 5.74) is 5.10. The van der Waals surface area contributed by atoms with Crippen molar-refractivity contribution in [1.82, 2.24) is 19.7 Å². The molecule has 9 heteroatoms. The van der Waals surface area contributed by atoms with Crippen LogP contribution in [0.25, 0.3) is 0 Å². The molecule has 0 unspecified atom stereocenters. The lowest BCUT2D eigenvalue weighted by molar-refractivity contribution is -0.182. The standard InChI is InChI=1S/C12H18F3N5O/c1-2-3-20-10(17-7-18-20)6-19-4-8(11(16)21)9(5-19)12(13,14)15/h7-9H,2-6H2,1H3,(H2,16,21)/t8-,9-/m1/s1. The first-order valence-electron chi connectivity index (χ1n) is 6.78. The fourth-order valence-corrected chi connectivity index (χ4v) is 2.64. The predicted molar refractivity (Wildman–Crippen MR) is 67.8 cm³/mol. The normalized spacial score (nSPS) is 23.6. The number of alkyl halides is 3. The number of amides is 1. The van der Waals surface area contributed by atoms with Crippen molar-refractivity contribution >= 4 is 5.91 Å². The van der Waals surface area contributed by atoms with E-state index in [1.54, 1.807) is 9.58 Å². The van der Waals surface area contributed by atoms with Crippen LogP contribution in [-0.2, 0) is 17.9 Å². The third kappa shape index (κ3) is 3.52. The number of rotatable bonds is 5. The van der Waals surface area contributed by atoms with E-state index in [2.05, 4.69) is 10.1 Å². The van der Waals surface area contributed by atoms with E-state index in [1.807, 2.05) is 6.92 Å². The van der Waals surface area contributed by atoms with Crippen molar-refractivity contribution in [3.05, 3.63) is 12.2 Å². The summed E-state index contributed by atoms with van der Waals surface area (Å²) in [5, 5.41) is 4.03. The highest BCUT2D eigenvalue weighted by Gasteiger charge is 2.51.